The molecule has 0 atom stereocenters. The maximum Gasteiger partial charge on any atom is 0.0686 e. The molecule has 96 valence electrons. The van der Waals surface area contributed by atoms with Gasteiger partial charge < -0.3 is 5.73 Å². The quantitative estimate of drug-likeness (QED) is 0.806. The minimum atomic E-state index is 0.559. The molecule has 1 aromatic heterocycles. The molecule has 4 heteroatoms. The fourth-order valence-electron chi connectivity index (χ4n) is 2.16. The van der Waals surface area contributed by atoms with E-state index in [1.54, 1.807) is 0 Å². The largest absolute Gasteiger partial charge is 0.326 e. The Bertz CT molecular complexity index is 718. The van der Waals surface area contributed by atoms with E-state index in [-0.39, 0.29) is 0 Å². The van der Waals surface area contributed by atoms with Gasteiger partial charge in [-0.15, -0.1) is 0 Å². The van der Waals surface area contributed by atoms with Gasteiger partial charge in [0.15, 0.2) is 0 Å². The van der Waals surface area contributed by atoms with E-state index in [0.717, 1.165) is 27.5 Å². The van der Waals surface area contributed by atoms with E-state index in [0.29, 0.717) is 6.54 Å². The van der Waals surface area contributed by atoms with Gasteiger partial charge in [-0.1, -0.05) is 46.3 Å². The fourth-order valence-corrected chi connectivity index (χ4v) is 2.71. The van der Waals surface area contributed by atoms with Crippen molar-refractivity contribution in [3.63, 3.8) is 0 Å². The van der Waals surface area contributed by atoms with Crippen molar-refractivity contribution in [2.24, 2.45) is 5.73 Å². The summed E-state index contributed by atoms with van der Waals surface area (Å²) in [5, 5.41) is 5.61. The smallest absolute Gasteiger partial charge is 0.0686 e. The molecule has 0 amide bonds. The second-order valence-corrected chi connectivity index (χ2v) is 5.35. The Morgan fingerprint density at radius 1 is 1.16 bits per heavy atom. The van der Waals surface area contributed by atoms with Crippen LogP contribution < -0.4 is 5.73 Å². The van der Waals surface area contributed by atoms with Crippen LogP contribution in [0.3, 0.4) is 0 Å². The molecule has 0 saturated heterocycles. The van der Waals surface area contributed by atoms with Crippen LogP contribution in [0.25, 0.3) is 10.9 Å². The first-order valence-corrected chi connectivity index (χ1v) is 6.95. The van der Waals surface area contributed by atoms with Gasteiger partial charge >= 0.3 is 0 Å². The predicted molar refractivity (Wildman–Crippen MR) is 80.9 cm³/mol. The van der Waals surface area contributed by atoms with Crippen LogP contribution in [-0.4, -0.2) is 9.78 Å². The zero-order valence-corrected chi connectivity index (χ0v) is 12.0. The lowest BCUT2D eigenvalue weighted by atomic mass is 10.1. The molecule has 0 bridgehead atoms. The average Bonchev–Trinajstić information content (AvgIpc) is 2.84. The van der Waals surface area contributed by atoms with E-state index in [4.69, 9.17) is 5.73 Å². The molecule has 2 N–H and O–H groups in total. The van der Waals surface area contributed by atoms with E-state index >= 15 is 0 Å². The second-order valence-electron chi connectivity index (χ2n) is 4.49. The molecule has 0 aliphatic heterocycles. The monoisotopic (exact) mass is 315 g/mol. The summed E-state index contributed by atoms with van der Waals surface area (Å²) in [6, 6.07) is 14.5. The minimum Gasteiger partial charge on any atom is -0.326 e. The number of nitrogens with zero attached hydrogens (tertiary/aromatic N) is 2. The van der Waals surface area contributed by atoms with E-state index < -0.39 is 0 Å². The third-order valence-electron chi connectivity index (χ3n) is 3.22. The van der Waals surface area contributed by atoms with Gasteiger partial charge in [0.2, 0.25) is 0 Å². The maximum absolute atomic E-state index is 5.64. The normalized spacial score (nSPS) is 11.1. The highest BCUT2D eigenvalue weighted by atomic mass is 79.9. The summed E-state index contributed by atoms with van der Waals surface area (Å²) >= 11 is 3.60. The second kappa shape index (κ2) is 5.15. The summed E-state index contributed by atoms with van der Waals surface area (Å²) in [5.74, 6) is 0. The number of nitrogens with two attached hydrogens (primary N) is 1. The van der Waals surface area contributed by atoms with E-state index in [9.17, 15) is 0 Å². The van der Waals surface area contributed by atoms with Gasteiger partial charge in [-0.25, -0.2) is 0 Å². The standard InChI is InChI=1S/C15H14BrN3/c16-14-7-11(8-17)5-6-13(14)10-19-15-4-2-1-3-12(15)9-18-19/h1-7,9H,8,10,17H2. The van der Waals surface area contributed by atoms with Gasteiger partial charge in [0.25, 0.3) is 0 Å². The number of benzene rings is 2. The Hall–Kier alpha value is -1.65. The number of hydrogen-bond donors (Lipinski definition) is 1. The molecule has 3 aromatic rings. The fraction of sp³-hybridized carbons (Fsp3) is 0.133. The summed E-state index contributed by atoms with van der Waals surface area (Å²) in [6.07, 6.45) is 1.90. The molecule has 0 unspecified atom stereocenters. The third-order valence-corrected chi connectivity index (χ3v) is 3.96. The summed E-state index contributed by atoms with van der Waals surface area (Å²) in [4.78, 5) is 0. The lowest BCUT2D eigenvalue weighted by molar-refractivity contribution is 0.709. The summed E-state index contributed by atoms with van der Waals surface area (Å²) in [5.41, 5.74) is 9.12. The Kier molecular flexibility index (Phi) is 3.36. The van der Waals surface area contributed by atoms with Crippen molar-refractivity contribution in [1.29, 1.82) is 0 Å². The first kappa shape index (κ1) is 12.4. The minimum absolute atomic E-state index is 0.559. The summed E-state index contributed by atoms with van der Waals surface area (Å²) in [6.45, 7) is 1.31. The maximum atomic E-state index is 5.64. The van der Waals surface area contributed by atoms with Crippen LogP contribution in [0.2, 0.25) is 0 Å². The molecule has 2 aromatic carbocycles. The van der Waals surface area contributed by atoms with Crippen molar-refractivity contribution in [3.05, 3.63) is 64.3 Å². The zero-order chi connectivity index (χ0) is 13.2. The highest BCUT2D eigenvalue weighted by Gasteiger charge is 2.06. The molecule has 0 saturated carbocycles. The molecule has 0 radical (unpaired) electrons. The topological polar surface area (TPSA) is 43.8 Å². The van der Waals surface area contributed by atoms with Gasteiger partial charge in [0, 0.05) is 16.4 Å². The van der Waals surface area contributed by atoms with Crippen molar-refractivity contribution in [1.82, 2.24) is 9.78 Å². The first-order valence-electron chi connectivity index (χ1n) is 6.16. The van der Waals surface area contributed by atoms with E-state index in [1.807, 2.05) is 23.0 Å². The number of halogens is 1. The molecular formula is C15H14BrN3. The van der Waals surface area contributed by atoms with Crippen LogP contribution in [0.5, 0.6) is 0 Å². The highest BCUT2D eigenvalue weighted by Crippen LogP contribution is 2.21. The molecule has 1 heterocycles. The molecule has 19 heavy (non-hydrogen) atoms. The zero-order valence-electron chi connectivity index (χ0n) is 10.4. The Morgan fingerprint density at radius 3 is 2.79 bits per heavy atom. The van der Waals surface area contributed by atoms with Crippen molar-refractivity contribution >= 4 is 26.8 Å². The molecule has 0 aliphatic carbocycles. The van der Waals surface area contributed by atoms with Gasteiger partial charge in [-0.2, -0.15) is 5.10 Å². The van der Waals surface area contributed by atoms with Crippen molar-refractivity contribution < 1.29 is 0 Å². The lowest BCUT2D eigenvalue weighted by Crippen LogP contribution is -2.03. The van der Waals surface area contributed by atoms with Gasteiger partial charge in [-0.05, 0) is 23.3 Å². The van der Waals surface area contributed by atoms with Gasteiger partial charge in [0.1, 0.15) is 0 Å². The Morgan fingerprint density at radius 2 is 2.00 bits per heavy atom. The number of rotatable bonds is 3. The number of aromatic nitrogens is 2. The Balaban J connectivity index is 1.97. The molecule has 3 nitrogen and oxygen atoms in total. The summed E-state index contributed by atoms with van der Waals surface area (Å²) < 4.78 is 3.09. The van der Waals surface area contributed by atoms with Gasteiger partial charge in [0.05, 0.1) is 18.3 Å². The molecule has 0 fully saturated rings. The number of hydrogen-bond acceptors (Lipinski definition) is 2. The van der Waals surface area contributed by atoms with E-state index in [1.165, 1.54) is 5.56 Å². The molecule has 0 spiro atoms. The van der Waals surface area contributed by atoms with Crippen molar-refractivity contribution in [3.8, 4) is 0 Å². The lowest BCUT2D eigenvalue weighted by Gasteiger charge is -2.08. The summed E-state index contributed by atoms with van der Waals surface area (Å²) in [7, 11) is 0. The van der Waals surface area contributed by atoms with Crippen LogP contribution in [0.4, 0.5) is 0 Å². The van der Waals surface area contributed by atoms with Crippen LogP contribution >= 0.6 is 15.9 Å². The molecule has 0 aliphatic rings. The highest BCUT2D eigenvalue weighted by molar-refractivity contribution is 9.10. The predicted octanol–water partition coefficient (Wildman–Crippen LogP) is 3.31. The van der Waals surface area contributed by atoms with Crippen LogP contribution in [0.15, 0.2) is 53.1 Å². The third kappa shape index (κ3) is 2.41. The van der Waals surface area contributed by atoms with Crippen LogP contribution in [0.1, 0.15) is 11.1 Å². The number of fused-ring (bicyclic) bond motifs is 1. The van der Waals surface area contributed by atoms with Crippen molar-refractivity contribution in [2.45, 2.75) is 13.1 Å². The van der Waals surface area contributed by atoms with Crippen molar-refractivity contribution in [2.75, 3.05) is 0 Å². The molecule has 3 rings (SSSR count). The number of para-hydroxylation sites is 1. The molecular weight excluding hydrogens is 302 g/mol. The van der Waals surface area contributed by atoms with Crippen LogP contribution in [0, 0.1) is 0 Å². The van der Waals surface area contributed by atoms with Crippen LogP contribution in [-0.2, 0) is 13.1 Å². The Labute approximate surface area is 120 Å². The average molecular weight is 316 g/mol. The first-order chi connectivity index (χ1) is 9.28. The van der Waals surface area contributed by atoms with Gasteiger partial charge in [-0.3, -0.25) is 4.68 Å². The van der Waals surface area contributed by atoms with E-state index in [2.05, 4.69) is 51.4 Å². The SMILES string of the molecule is NCc1ccc(Cn2ncc3ccccc32)c(Br)c1.